The van der Waals surface area contributed by atoms with E-state index in [1.807, 2.05) is 12.4 Å². The second-order valence-corrected chi connectivity index (χ2v) is 4.85. The lowest BCUT2D eigenvalue weighted by molar-refractivity contribution is 0.604. The van der Waals surface area contributed by atoms with Crippen LogP contribution in [0.15, 0.2) is 17.8 Å². The molecule has 0 atom stereocenters. The van der Waals surface area contributed by atoms with Gasteiger partial charge < -0.3 is 10.6 Å². The van der Waals surface area contributed by atoms with Crippen LogP contribution in [0, 0.1) is 0 Å². The molecule has 17 heavy (non-hydrogen) atoms. The van der Waals surface area contributed by atoms with Crippen LogP contribution in [0.4, 0.5) is 0 Å². The zero-order valence-corrected chi connectivity index (χ0v) is 11.1. The first-order valence-corrected chi connectivity index (χ1v) is 7.10. The van der Waals surface area contributed by atoms with Crippen molar-refractivity contribution >= 4 is 16.3 Å². The molecule has 0 bridgehead atoms. The molecule has 94 valence electrons. The molecule has 0 aliphatic rings. The van der Waals surface area contributed by atoms with Crippen molar-refractivity contribution in [3.05, 3.63) is 23.5 Å². The summed E-state index contributed by atoms with van der Waals surface area (Å²) in [5, 5.41) is 8.99. The van der Waals surface area contributed by atoms with Gasteiger partial charge in [-0.1, -0.05) is 6.92 Å². The van der Waals surface area contributed by atoms with E-state index in [4.69, 9.17) is 0 Å². The van der Waals surface area contributed by atoms with Crippen LogP contribution in [0.2, 0.25) is 0 Å². The summed E-state index contributed by atoms with van der Waals surface area (Å²) < 4.78 is 2.17. The van der Waals surface area contributed by atoms with Crippen LogP contribution in [0.1, 0.15) is 19.0 Å². The van der Waals surface area contributed by atoms with Crippen molar-refractivity contribution in [2.24, 2.45) is 0 Å². The molecule has 2 heterocycles. The fraction of sp³-hybridized carbons (Fsp3) is 0.583. The SMILES string of the molecule is CCNCCCNCCc1csc2nccn12. The van der Waals surface area contributed by atoms with E-state index < -0.39 is 0 Å². The van der Waals surface area contributed by atoms with Gasteiger partial charge in [-0.2, -0.15) is 0 Å². The number of hydrogen-bond donors (Lipinski definition) is 2. The Morgan fingerprint density at radius 3 is 3.06 bits per heavy atom. The molecule has 0 spiro atoms. The average molecular weight is 252 g/mol. The minimum atomic E-state index is 1.04. The van der Waals surface area contributed by atoms with E-state index in [0.29, 0.717) is 0 Å². The number of nitrogens with one attached hydrogen (secondary N) is 2. The maximum Gasteiger partial charge on any atom is 0.193 e. The Morgan fingerprint density at radius 1 is 1.29 bits per heavy atom. The second kappa shape index (κ2) is 6.74. The normalized spacial score (nSPS) is 11.4. The van der Waals surface area contributed by atoms with Crippen molar-refractivity contribution in [1.29, 1.82) is 0 Å². The molecule has 4 nitrogen and oxygen atoms in total. The zero-order valence-electron chi connectivity index (χ0n) is 10.3. The number of rotatable bonds is 8. The van der Waals surface area contributed by atoms with E-state index in [1.54, 1.807) is 11.3 Å². The van der Waals surface area contributed by atoms with Gasteiger partial charge >= 0.3 is 0 Å². The predicted molar refractivity (Wildman–Crippen MR) is 72.8 cm³/mol. The Morgan fingerprint density at radius 2 is 2.18 bits per heavy atom. The molecule has 0 unspecified atom stereocenters. The fourth-order valence-corrected chi connectivity index (χ4v) is 2.70. The third-order valence-electron chi connectivity index (χ3n) is 2.73. The van der Waals surface area contributed by atoms with Crippen LogP contribution in [0.5, 0.6) is 0 Å². The Balaban J connectivity index is 1.64. The summed E-state index contributed by atoms with van der Waals surface area (Å²) in [6, 6.07) is 0. The standard InChI is InChI=1S/C12H20N4S/c1-2-13-5-3-6-14-7-4-11-10-17-12-15-8-9-16(11)12/h8-10,13-14H,2-7H2,1H3. The van der Waals surface area contributed by atoms with Gasteiger partial charge in [0.1, 0.15) is 0 Å². The second-order valence-electron chi connectivity index (χ2n) is 4.01. The Labute approximate surface area is 106 Å². The molecule has 2 rings (SSSR count). The molecule has 0 fully saturated rings. The van der Waals surface area contributed by atoms with Gasteiger partial charge in [0.15, 0.2) is 4.96 Å². The molecular formula is C12H20N4S. The zero-order chi connectivity index (χ0) is 11.9. The maximum absolute atomic E-state index is 4.27. The molecule has 5 heteroatoms. The van der Waals surface area contributed by atoms with Crippen molar-refractivity contribution in [1.82, 2.24) is 20.0 Å². The van der Waals surface area contributed by atoms with Crippen molar-refractivity contribution < 1.29 is 0 Å². The van der Waals surface area contributed by atoms with Gasteiger partial charge in [-0.15, -0.1) is 11.3 Å². The molecule has 0 radical (unpaired) electrons. The van der Waals surface area contributed by atoms with Crippen molar-refractivity contribution in [2.45, 2.75) is 19.8 Å². The molecular weight excluding hydrogens is 232 g/mol. The van der Waals surface area contributed by atoms with Crippen LogP contribution in [-0.4, -0.2) is 35.6 Å². The van der Waals surface area contributed by atoms with E-state index in [2.05, 4.69) is 32.3 Å². The summed E-state index contributed by atoms with van der Waals surface area (Å²) in [5.41, 5.74) is 1.35. The van der Waals surface area contributed by atoms with Crippen molar-refractivity contribution in [2.75, 3.05) is 26.2 Å². The summed E-state index contributed by atoms with van der Waals surface area (Å²) in [6.45, 7) is 6.43. The van der Waals surface area contributed by atoms with Gasteiger partial charge in [-0.05, 0) is 26.1 Å². The van der Waals surface area contributed by atoms with Gasteiger partial charge in [0.2, 0.25) is 0 Å². The van der Waals surface area contributed by atoms with E-state index in [9.17, 15) is 0 Å². The van der Waals surface area contributed by atoms with Crippen molar-refractivity contribution in [3.8, 4) is 0 Å². The summed E-state index contributed by atoms with van der Waals surface area (Å²) in [5.74, 6) is 0. The van der Waals surface area contributed by atoms with Crippen LogP contribution < -0.4 is 10.6 Å². The fourth-order valence-electron chi connectivity index (χ4n) is 1.81. The molecule has 0 aromatic carbocycles. The third-order valence-corrected chi connectivity index (χ3v) is 3.63. The van der Waals surface area contributed by atoms with E-state index >= 15 is 0 Å². The molecule has 0 saturated heterocycles. The first-order chi connectivity index (χ1) is 8.42. The largest absolute Gasteiger partial charge is 0.317 e. The lowest BCUT2D eigenvalue weighted by Crippen LogP contribution is -2.23. The molecule has 0 aliphatic carbocycles. The summed E-state index contributed by atoms with van der Waals surface area (Å²) in [6.07, 6.45) is 6.15. The summed E-state index contributed by atoms with van der Waals surface area (Å²) in [4.78, 5) is 5.36. The Kier molecular flexibility index (Phi) is 4.97. The van der Waals surface area contributed by atoms with E-state index in [1.165, 1.54) is 12.1 Å². The highest BCUT2D eigenvalue weighted by Crippen LogP contribution is 2.14. The smallest absolute Gasteiger partial charge is 0.193 e. The van der Waals surface area contributed by atoms with Gasteiger partial charge in [-0.25, -0.2) is 4.98 Å². The number of fused-ring (bicyclic) bond motifs is 1. The average Bonchev–Trinajstić information content (AvgIpc) is 2.92. The van der Waals surface area contributed by atoms with Crippen molar-refractivity contribution in [3.63, 3.8) is 0 Å². The van der Waals surface area contributed by atoms with E-state index in [0.717, 1.165) is 37.6 Å². The summed E-state index contributed by atoms with van der Waals surface area (Å²) in [7, 11) is 0. The molecule has 0 amide bonds. The van der Waals surface area contributed by atoms with Gasteiger partial charge in [0.05, 0.1) is 0 Å². The molecule has 0 saturated carbocycles. The van der Waals surface area contributed by atoms with Crippen LogP contribution >= 0.6 is 11.3 Å². The highest BCUT2D eigenvalue weighted by atomic mass is 32.1. The number of hydrogen-bond acceptors (Lipinski definition) is 4. The monoisotopic (exact) mass is 252 g/mol. The third kappa shape index (κ3) is 3.52. The molecule has 2 aromatic heterocycles. The first kappa shape index (κ1) is 12.5. The molecule has 0 aliphatic heterocycles. The predicted octanol–water partition coefficient (Wildman–Crippen LogP) is 1.53. The van der Waals surface area contributed by atoms with Gasteiger partial charge in [-0.3, -0.25) is 4.40 Å². The van der Waals surface area contributed by atoms with Gasteiger partial charge in [0.25, 0.3) is 0 Å². The maximum atomic E-state index is 4.27. The highest BCUT2D eigenvalue weighted by molar-refractivity contribution is 7.15. The summed E-state index contributed by atoms with van der Waals surface area (Å²) >= 11 is 1.71. The Bertz CT molecular complexity index is 434. The lowest BCUT2D eigenvalue weighted by atomic mass is 10.3. The Hall–Kier alpha value is -0.910. The minimum Gasteiger partial charge on any atom is -0.317 e. The first-order valence-electron chi connectivity index (χ1n) is 6.22. The van der Waals surface area contributed by atoms with Crippen LogP contribution in [0.3, 0.4) is 0 Å². The topological polar surface area (TPSA) is 41.4 Å². The van der Waals surface area contributed by atoms with E-state index in [-0.39, 0.29) is 0 Å². The van der Waals surface area contributed by atoms with Gasteiger partial charge in [0, 0.05) is 36.4 Å². The number of thiazole rings is 1. The molecule has 2 N–H and O–H groups in total. The number of imidazole rings is 1. The number of aromatic nitrogens is 2. The highest BCUT2D eigenvalue weighted by Gasteiger charge is 2.02. The quantitative estimate of drug-likeness (QED) is 0.700. The van der Waals surface area contributed by atoms with Crippen LogP contribution in [-0.2, 0) is 6.42 Å². The minimum absolute atomic E-state index is 1.04. The van der Waals surface area contributed by atoms with Crippen LogP contribution in [0.25, 0.3) is 4.96 Å². The lowest BCUT2D eigenvalue weighted by Gasteiger charge is -2.04. The molecule has 2 aromatic rings. The number of nitrogens with zero attached hydrogens (tertiary/aromatic N) is 2.